The van der Waals surface area contributed by atoms with Gasteiger partial charge in [-0.2, -0.15) is 0 Å². The second kappa shape index (κ2) is 9.85. The van der Waals surface area contributed by atoms with E-state index in [0.717, 1.165) is 69.4 Å². The molecule has 7 rings (SSSR count). The number of carbonyl (C=O) groups excluding carboxylic acids is 2. The summed E-state index contributed by atoms with van der Waals surface area (Å²) in [5.74, 6) is 1.92. The maximum absolute atomic E-state index is 13.5. The van der Waals surface area contributed by atoms with Crippen molar-refractivity contribution in [2.24, 2.45) is 29.6 Å². The lowest BCUT2D eigenvalue weighted by atomic mass is 9.52. The Balaban J connectivity index is 0.00000253. The van der Waals surface area contributed by atoms with E-state index in [2.05, 4.69) is 15.5 Å². The van der Waals surface area contributed by atoms with Gasteiger partial charge in [-0.05, 0) is 106 Å². The van der Waals surface area contributed by atoms with Crippen LogP contribution in [-0.4, -0.2) is 53.1 Å². The van der Waals surface area contributed by atoms with Gasteiger partial charge in [-0.3, -0.25) is 9.59 Å². The molecular formula is C27H37Cl2N3O3. The summed E-state index contributed by atoms with van der Waals surface area (Å²) in [6, 6.07) is 6.02. The summed E-state index contributed by atoms with van der Waals surface area (Å²) in [5.41, 5.74) is 1.23. The maximum Gasteiger partial charge on any atom is 0.227 e. The normalized spacial score (nSPS) is 36.3. The largest absolute Gasteiger partial charge is 0.390 e. The summed E-state index contributed by atoms with van der Waals surface area (Å²) in [5, 5.41) is 17.8. The molecule has 6 fully saturated rings. The van der Waals surface area contributed by atoms with Crippen molar-refractivity contribution in [2.75, 3.05) is 25.0 Å². The number of piperidine rings is 1. The van der Waals surface area contributed by atoms with Gasteiger partial charge < -0.3 is 20.6 Å². The fraction of sp³-hybridized carbons (Fsp3) is 0.704. The third-order valence-electron chi connectivity index (χ3n) is 9.40. The van der Waals surface area contributed by atoms with Gasteiger partial charge in [0.1, 0.15) is 0 Å². The minimum atomic E-state index is -0.465. The lowest BCUT2D eigenvalue weighted by Crippen LogP contribution is -2.62. The van der Waals surface area contributed by atoms with Crippen LogP contribution in [0.25, 0.3) is 0 Å². The smallest absolute Gasteiger partial charge is 0.227 e. The molecule has 8 heteroatoms. The van der Waals surface area contributed by atoms with Crippen LogP contribution in [0.5, 0.6) is 0 Å². The molecule has 0 spiro atoms. The highest BCUT2D eigenvalue weighted by Crippen LogP contribution is 2.57. The van der Waals surface area contributed by atoms with Gasteiger partial charge >= 0.3 is 0 Å². The molecular weight excluding hydrogens is 485 g/mol. The van der Waals surface area contributed by atoms with E-state index < -0.39 is 5.60 Å². The van der Waals surface area contributed by atoms with Gasteiger partial charge in [-0.1, -0.05) is 17.7 Å². The van der Waals surface area contributed by atoms with E-state index in [1.54, 1.807) is 0 Å². The summed E-state index contributed by atoms with van der Waals surface area (Å²) in [6.07, 6.45) is 8.29. The van der Waals surface area contributed by atoms with E-state index in [-0.39, 0.29) is 36.1 Å². The summed E-state index contributed by atoms with van der Waals surface area (Å²) < 4.78 is 0. The summed E-state index contributed by atoms with van der Waals surface area (Å²) in [7, 11) is 0. The number of anilines is 1. The van der Waals surface area contributed by atoms with E-state index in [1.807, 2.05) is 18.2 Å². The molecule has 3 N–H and O–H groups in total. The predicted molar refractivity (Wildman–Crippen MR) is 139 cm³/mol. The molecule has 2 aliphatic heterocycles. The second-order valence-corrected chi connectivity index (χ2v) is 12.1. The van der Waals surface area contributed by atoms with Gasteiger partial charge in [0.15, 0.2) is 0 Å². The fourth-order valence-electron chi connectivity index (χ4n) is 8.10. The summed E-state index contributed by atoms with van der Waals surface area (Å²) >= 11 is 6.61. The minimum absolute atomic E-state index is 0. The van der Waals surface area contributed by atoms with Crippen molar-refractivity contribution >= 4 is 41.5 Å². The lowest BCUT2D eigenvalue weighted by molar-refractivity contribution is -0.168. The highest BCUT2D eigenvalue weighted by atomic mass is 35.5. The predicted octanol–water partition coefficient (Wildman–Crippen LogP) is 4.03. The van der Waals surface area contributed by atoms with Gasteiger partial charge in [-0.25, -0.2) is 0 Å². The average molecular weight is 523 g/mol. The van der Waals surface area contributed by atoms with Crippen molar-refractivity contribution in [3.05, 3.63) is 28.8 Å². The number of likely N-dealkylation sites (tertiary alicyclic amines) is 1. The number of nitrogens with one attached hydrogen (secondary N) is 2. The van der Waals surface area contributed by atoms with Crippen molar-refractivity contribution in [3.8, 4) is 0 Å². The van der Waals surface area contributed by atoms with Crippen LogP contribution in [0.4, 0.5) is 5.69 Å². The zero-order chi connectivity index (χ0) is 23.4. The first-order chi connectivity index (χ1) is 16.4. The number of benzene rings is 1. The Morgan fingerprint density at radius 2 is 1.86 bits per heavy atom. The Morgan fingerprint density at radius 3 is 2.51 bits per heavy atom. The number of carbonyl (C=O) groups is 2. The number of rotatable bonds is 5. The van der Waals surface area contributed by atoms with Crippen LogP contribution in [0.2, 0.25) is 5.02 Å². The number of amides is 2. The van der Waals surface area contributed by atoms with Gasteiger partial charge in [0.25, 0.3) is 0 Å². The van der Waals surface area contributed by atoms with Crippen molar-refractivity contribution in [3.63, 3.8) is 0 Å². The van der Waals surface area contributed by atoms with Crippen LogP contribution in [0.3, 0.4) is 0 Å². The second-order valence-electron chi connectivity index (χ2n) is 11.7. The summed E-state index contributed by atoms with van der Waals surface area (Å²) in [4.78, 5) is 28.2. The Bertz CT molecular complexity index is 966. The third-order valence-corrected chi connectivity index (χ3v) is 9.75. The molecule has 2 heterocycles. The standard InChI is InChI=1S/C27H36ClN3O3.ClH/c28-23-12-22(30-25(32)17-3-6-29-7-4-17)2-1-18(23)11-19-5-8-31(26(19)33)24-20-9-16-10-21(24)15-27(34,13-16)14-20;/h1-2,12,16-17,19-21,24,29,34H,3-11,13-15H2,(H,30,32);1H. The zero-order valence-electron chi connectivity index (χ0n) is 20.2. The first-order valence-corrected chi connectivity index (χ1v) is 13.6. The first-order valence-electron chi connectivity index (χ1n) is 13.2. The van der Waals surface area contributed by atoms with Crippen LogP contribution in [0.1, 0.15) is 56.9 Å². The molecule has 6 aliphatic rings. The highest BCUT2D eigenvalue weighted by Gasteiger charge is 2.57. The Labute approximate surface area is 218 Å². The SMILES string of the molecule is Cl.O=C(Nc1ccc(CC2CCN(C3C4CC5CC3CC(O)(C5)C4)C2=O)c(Cl)c1)C1CCNCC1. The number of hydrogen-bond donors (Lipinski definition) is 3. The minimum Gasteiger partial charge on any atom is -0.390 e. The molecule has 3 atom stereocenters. The molecule has 2 amide bonds. The van der Waals surface area contributed by atoms with Crippen molar-refractivity contribution < 1.29 is 14.7 Å². The van der Waals surface area contributed by atoms with E-state index in [1.165, 1.54) is 12.8 Å². The van der Waals surface area contributed by atoms with Crippen molar-refractivity contribution in [1.29, 1.82) is 0 Å². The number of hydrogen-bond acceptors (Lipinski definition) is 4. The average Bonchev–Trinajstić information content (AvgIpc) is 3.14. The van der Waals surface area contributed by atoms with Crippen LogP contribution < -0.4 is 10.6 Å². The van der Waals surface area contributed by atoms with Gasteiger partial charge in [0, 0.05) is 35.1 Å². The molecule has 4 aliphatic carbocycles. The first kappa shape index (κ1) is 25.3. The number of halogens is 2. The molecule has 0 radical (unpaired) electrons. The summed E-state index contributed by atoms with van der Waals surface area (Å²) in [6.45, 7) is 2.59. The maximum atomic E-state index is 13.5. The molecule has 1 aromatic rings. The molecule has 6 nitrogen and oxygen atoms in total. The van der Waals surface area contributed by atoms with Crippen LogP contribution >= 0.6 is 24.0 Å². The lowest BCUT2D eigenvalue weighted by Gasteiger charge is -2.59. The fourth-order valence-corrected chi connectivity index (χ4v) is 8.35. The molecule has 3 unspecified atom stereocenters. The van der Waals surface area contributed by atoms with E-state index in [0.29, 0.717) is 35.2 Å². The number of nitrogens with zero attached hydrogens (tertiary/aromatic N) is 1. The molecule has 192 valence electrons. The Hall–Kier alpha value is -1.34. The molecule has 2 saturated heterocycles. The molecule has 1 aromatic carbocycles. The van der Waals surface area contributed by atoms with E-state index in [4.69, 9.17) is 11.6 Å². The zero-order valence-corrected chi connectivity index (χ0v) is 21.8. The van der Waals surface area contributed by atoms with Gasteiger partial charge in [-0.15, -0.1) is 12.4 Å². The molecule has 4 bridgehead atoms. The van der Waals surface area contributed by atoms with Crippen molar-refractivity contribution in [2.45, 2.75) is 69.4 Å². The van der Waals surface area contributed by atoms with Crippen LogP contribution in [0, 0.1) is 29.6 Å². The number of aliphatic hydroxyl groups is 1. The van der Waals surface area contributed by atoms with Crippen LogP contribution in [0.15, 0.2) is 18.2 Å². The topological polar surface area (TPSA) is 81.7 Å². The van der Waals surface area contributed by atoms with Crippen LogP contribution in [-0.2, 0) is 16.0 Å². The molecule has 4 saturated carbocycles. The van der Waals surface area contributed by atoms with E-state index in [9.17, 15) is 14.7 Å². The van der Waals surface area contributed by atoms with E-state index >= 15 is 0 Å². The third kappa shape index (κ3) is 4.84. The Kier molecular flexibility index (Phi) is 7.12. The monoisotopic (exact) mass is 521 g/mol. The van der Waals surface area contributed by atoms with Gasteiger partial charge in [0.2, 0.25) is 11.8 Å². The Morgan fingerprint density at radius 1 is 1.14 bits per heavy atom. The quantitative estimate of drug-likeness (QED) is 0.546. The molecule has 0 aromatic heterocycles. The highest BCUT2D eigenvalue weighted by molar-refractivity contribution is 6.31. The van der Waals surface area contributed by atoms with Crippen molar-refractivity contribution in [1.82, 2.24) is 10.2 Å². The molecule has 35 heavy (non-hydrogen) atoms. The van der Waals surface area contributed by atoms with Gasteiger partial charge in [0.05, 0.1) is 5.60 Å².